The molecule has 0 aliphatic heterocycles. The first-order chi connectivity index (χ1) is 5.68. The Balaban J connectivity index is 2.32. The minimum atomic E-state index is -0.234. The summed E-state index contributed by atoms with van der Waals surface area (Å²) in [6.07, 6.45) is 4.90. The number of aromatic amines is 1. The van der Waals surface area contributed by atoms with Gasteiger partial charge in [-0.1, -0.05) is 13.8 Å². The number of hydrogen-bond donors (Lipinski definition) is 2. The molecule has 0 saturated heterocycles. The summed E-state index contributed by atoms with van der Waals surface area (Å²) in [5.41, 5.74) is 1.07. The molecule has 0 spiro atoms. The highest BCUT2D eigenvalue weighted by Crippen LogP contribution is 2.09. The van der Waals surface area contributed by atoms with Gasteiger partial charge in [0, 0.05) is 12.6 Å². The molecular weight excluding hydrogens is 152 g/mol. The molecule has 0 amide bonds. The molecule has 0 radical (unpaired) electrons. The summed E-state index contributed by atoms with van der Waals surface area (Å²) in [5, 5.41) is 16.1. The van der Waals surface area contributed by atoms with Crippen molar-refractivity contribution in [2.75, 3.05) is 0 Å². The summed E-state index contributed by atoms with van der Waals surface area (Å²) < 4.78 is 0. The summed E-state index contributed by atoms with van der Waals surface area (Å²) in [4.78, 5) is 0. The molecule has 0 aliphatic carbocycles. The third-order valence-electron chi connectivity index (χ3n) is 1.77. The molecule has 2 N–H and O–H groups in total. The zero-order valence-corrected chi connectivity index (χ0v) is 7.62. The highest BCUT2D eigenvalue weighted by molar-refractivity contribution is 5.03. The fraction of sp³-hybridized carbons (Fsp3) is 0.667. The molecule has 0 aliphatic rings. The maximum atomic E-state index is 9.55. The van der Waals surface area contributed by atoms with Gasteiger partial charge in [-0.05, 0) is 17.9 Å². The van der Waals surface area contributed by atoms with Gasteiger partial charge in [-0.3, -0.25) is 5.10 Å². The smallest absolute Gasteiger partial charge is 0.0584 e. The van der Waals surface area contributed by atoms with E-state index in [1.54, 1.807) is 6.20 Å². The van der Waals surface area contributed by atoms with Crippen molar-refractivity contribution >= 4 is 0 Å². The average Bonchev–Trinajstić information content (AvgIpc) is 2.37. The number of aromatic nitrogens is 2. The zero-order valence-electron chi connectivity index (χ0n) is 7.62. The van der Waals surface area contributed by atoms with E-state index in [2.05, 4.69) is 24.0 Å². The number of aliphatic hydroxyl groups excluding tert-OH is 1. The Labute approximate surface area is 72.8 Å². The lowest BCUT2D eigenvalue weighted by Crippen LogP contribution is -2.12. The lowest BCUT2D eigenvalue weighted by Gasteiger charge is -2.11. The van der Waals surface area contributed by atoms with Gasteiger partial charge >= 0.3 is 0 Å². The maximum Gasteiger partial charge on any atom is 0.0584 e. The van der Waals surface area contributed by atoms with Crippen molar-refractivity contribution in [1.82, 2.24) is 10.2 Å². The van der Waals surface area contributed by atoms with Crippen LogP contribution in [0.3, 0.4) is 0 Å². The predicted octanol–water partition coefficient (Wildman–Crippen LogP) is 1.36. The number of aliphatic hydroxyl groups is 1. The monoisotopic (exact) mass is 168 g/mol. The van der Waals surface area contributed by atoms with Gasteiger partial charge in [0.1, 0.15) is 0 Å². The molecule has 1 aromatic rings. The van der Waals surface area contributed by atoms with Gasteiger partial charge in [-0.25, -0.2) is 0 Å². The van der Waals surface area contributed by atoms with Crippen LogP contribution in [0, 0.1) is 5.92 Å². The van der Waals surface area contributed by atoms with Crippen molar-refractivity contribution in [3.63, 3.8) is 0 Å². The normalized spacial score (nSPS) is 13.7. The summed E-state index contributed by atoms with van der Waals surface area (Å²) in [7, 11) is 0. The highest BCUT2D eigenvalue weighted by Gasteiger charge is 2.07. The number of H-pyrrole nitrogens is 1. The van der Waals surface area contributed by atoms with Crippen LogP contribution in [0.15, 0.2) is 12.4 Å². The summed E-state index contributed by atoms with van der Waals surface area (Å²) in [6, 6.07) is 0. The van der Waals surface area contributed by atoms with Gasteiger partial charge in [-0.2, -0.15) is 5.10 Å². The molecule has 1 aromatic heterocycles. The topological polar surface area (TPSA) is 48.9 Å². The first-order valence-corrected chi connectivity index (χ1v) is 4.34. The van der Waals surface area contributed by atoms with Gasteiger partial charge < -0.3 is 5.11 Å². The van der Waals surface area contributed by atoms with Gasteiger partial charge in [0.2, 0.25) is 0 Å². The van der Waals surface area contributed by atoms with E-state index in [1.165, 1.54) is 0 Å². The summed E-state index contributed by atoms with van der Waals surface area (Å²) in [5.74, 6) is 0.548. The van der Waals surface area contributed by atoms with E-state index in [-0.39, 0.29) is 6.10 Å². The van der Waals surface area contributed by atoms with Crippen molar-refractivity contribution in [3.8, 4) is 0 Å². The van der Waals surface area contributed by atoms with Crippen LogP contribution in [0.5, 0.6) is 0 Å². The quantitative estimate of drug-likeness (QED) is 0.713. The molecule has 12 heavy (non-hydrogen) atoms. The van der Waals surface area contributed by atoms with E-state index in [0.717, 1.165) is 12.0 Å². The Morgan fingerprint density at radius 1 is 1.58 bits per heavy atom. The van der Waals surface area contributed by atoms with E-state index in [4.69, 9.17) is 0 Å². The van der Waals surface area contributed by atoms with Crippen LogP contribution in [0.1, 0.15) is 25.8 Å². The van der Waals surface area contributed by atoms with Crippen LogP contribution in [0.4, 0.5) is 0 Å². The number of rotatable bonds is 4. The molecule has 1 rings (SSSR count). The molecule has 68 valence electrons. The molecular formula is C9H16N2O. The maximum absolute atomic E-state index is 9.55. The Kier molecular flexibility index (Phi) is 3.29. The van der Waals surface area contributed by atoms with Crippen LogP contribution in [-0.4, -0.2) is 21.4 Å². The lowest BCUT2D eigenvalue weighted by atomic mass is 10.0. The molecule has 3 nitrogen and oxygen atoms in total. The van der Waals surface area contributed by atoms with Crippen LogP contribution < -0.4 is 0 Å². The Morgan fingerprint density at radius 2 is 2.33 bits per heavy atom. The number of nitrogens with one attached hydrogen (secondary N) is 1. The third kappa shape index (κ3) is 3.05. The van der Waals surface area contributed by atoms with Crippen LogP contribution in [-0.2, 0) is 6.42 Å². The van der Waals surface area contributed by atoms with E-state index in [1.807, 2.05) is 6.20 Å². The van der Waals surface area contributed by atoms with E-state index in [9.17, 15) is 5.11 Å². The van der Waals surface area contributed by atoms with E-state index in [0.29, 0.717) is 12.3 Å². The SMILES string of the molecule is CC(C)CC(O)Cc1cn[nH]c1. The second kappa shape index (κ2) is 4.26. The third-order valence-corrected chi connectivity index (χ3v) is 1.77. The minimum absolute atomic E-state index is 0.234. The van der Waals surface area contributed by atoms with Gasteiger partial charge in [0.05, 0.1) is 12.3 Å². The van der Waals surface area contributed by atoms with Crippen molar-refractivity contribution in [1.29, 1.82) is 0 Å². The lowest BCUT2D eigenvalue weighted by molar-refractivity contribution is 0.149. The zero-order chi connectivity index (χ0) is 8.97. The molecule has 0 aromatic carbocycles. The fourth-order valence-electron chi connectivity index (χ4n) is 1.29. The van der Waals surface area contributed by atoms with Crippen LogP contribution >= 0.6 is 0 Å². The standard InChI is InChI=1S/C9H16N2O/c1-7(2)3-9(12)4-8-5-10-11-6-8/h5-7,9,12H,3-4H2,1-2H3,(H,10,11). The van der Waals surface area contributed by atoms with E-state index >= 15 is 0 Å². The van der Waals surface area contributed by atoms with Crippen molar-refractivity contribution < 1.29 is 5.11 Å². The average molecular weight is 168 g/mol. The van der Waals surface area contributed by atoms with E-state index < -0.39 is 0 Å². The largest absolute Gasteiger partial charge is 0.393 e. The van der Waals surface area contributed by atoms with Crippen LogP contribution in [0.25, 0.3) is 0 Å². The van der Waals surface area contributed by atoms with Crippen LogP contribution in [0.2, 0.25) is 0 Å². The first-order valence-electron chi connectivity index (χ1n) is 4.34. The molecule has 0 saturated carbocycles. The Hall–Kier alpha value is -0.830. The summed E-state index contributed by atoms with van der Waals surface area (Å²) in [6.45, 7) is 4.22. The number of nitrogens with zero attached hydrogens (tertiary/aromatic N) is 1. The number of hydrogen-bond acceptors (Lipinski definition) is 2. The first kappa shape index (κ1) is 9.26. The molecule has 1 heterocycles. The Bertz CT molecular complexity index is 206. The summed E-state index contributed by atoms with van der Waals surface area (Å²) >= 11 is 0. The molecule has 1 atom stereocenters. The van der Waals surface area contributed by atoms with Gasteiger partial charge in [0.15, 0.2) is 0 Å². The minimum Gasteiger partial charge on any atom is -0.393 e. The fourth-order valence-corrected chi connectivity index (χ4v) is 1.29. The molecule has 1 unspecified atom stereocenters. The second-order valence-electron chi connectivity index (χ2n) is 3.59. The molecule has 3 heteroatoms. The van der Waals surface area contributed by atoms with Crippen molar-refractivity contribution in [2.45, 2.75) is 32.8 Å². The Morgan fingerprint density at radius 3 is 2.83 bits per heavy atom. The molecule has 0 fully saturated rings. The molecule has 0 bridgehead atoms. The second-order valence-corrected chi connectivity index (χ2v) is 3.59. The van der Waals surface area contributed by atoms with Gasteiger partial charge in [0.25, 0.3) is 0 Å². The highest BCUT2D eigenvalue weighted by atomic mass is 16.3. The van der Waals surface area contributed by atoms with Crippen molar-refractivity contribution in [2.24, 2.45) is 5.92 Å². The van der Waals surface area contributed by atoms with Crippen molar-refractivity contribution in [3.05, 3.63) is 18.0 Å². The van der Waals surface area contributed by atoms with Gasteiger partial charge in [-0.15, -0.1) is 0 Å². The predicted molar refractivity (Wildman–Crippen MR) is 47.8 cm³/mol.